The van der Waals surface area contributed by atoms with Gasteiger partial charge in [0.1, 0.15) is 11.9 Å². The maximum Gasteiger partial charge on any atom is 0.131 e. The zero-order chi connectivity index (χ0) is 13.7. The molecular weight excluding hydrogens is 254 g/mol. The molecule has 19 heavy (non-hydrogen) atoms. The van der Waals surface area contributed by atoms with Gasteiger partial charge in [-0.05, 0) is 43.3 Å². The number of nitrogens with zero attached hydrogens (tertiary/aromatic N) is 2. The van der Waals surface area contributed by atoms with E-state index in [4.69, 9.17) is 0 Å². The van der Waals surface area contributed by atoms with Crippen LogP contribution in [-0.4, -0.2) is 16.1 Å². The molecule has 0 aromatic carbocycles. The summed E-state index contributed by atoms with van der Waals surface area (Å²) in [5.41, 5.74) is 1.43. The standard InChI is InChI=1S/C15H23N3S/c1-4-8-16-13(14-12(5-2)7-11-19-14)15-17-9-10-18(15)6-3/h7,9-11,13,16H,4-6,8H2,1-3H3. The van der Waals surface area contributed by atoms with Gasteiger partial charge < -0.3 is 9.88 Å². The number of rotatable bonds is 7. The van der Waals surface area contributed by atoms with Crippen LogP contribution in [0.25, 0.3) is 0 Å². The Kier molecular flexibility index (Phi) is 5.16. The largest absolute Gasteiger partial charge is 0.334 e. The van der Waals surface area contributed by atoms with Crippen LogP contribution in [0.15, 0.2) is 23.8 Å². The van der Waals surface area contributed by atoms with E-state index in [1.54, 1.807) is 0 Å². The molecule has 104 valence electrons. The first-order valence-electron chi connectivity index (χ1n) is 7.12. The summed E-state index contributed by atoms with van der Waals surface area (Å²) < 4.78 is 2.23. The minimum Gasteiger partial charge on any atom is -0.334 e. The van der Waals surface area contributed by atoms with E-state index in [1.165, 1.54) is 10.4 Å². The highest BCUT2D eigenvalue weighted by atomic mass is 32.1. The first-order valence-corrected chi connectivity index (χ1v) is 8.00. The molecule has 2 aromatic rings. The molecule has 1 unspecified atom stereocenters. The molecule has 0 fully saturated rings. The minimum atomic E-state index is 0.227. The average molecular weight is 277 g/mol. The van der Waals surface area contributed by atoms with Crippen molar-refractivity contribution in [3.63, 3.8) is 0 Å². The lowest BCUT2D eigenvalue weighted by Gasteiger charge is -2.19. The monoisotopic (exact) mass is 277 g/mol. The first-order chi connectivity index (χ1) is 9.31. The van der Waals surface area contributed by atoms with Crippen LogP contribution in [0.3, 0.4) is 0 Å². The second-order valence-corrected chi connectivity index (χ2v) is 5.57. The summed E-state index contributed by atoms with van der Waals surface area (Å²) in [6.45, 7) is 8.56. The van der Waals surface area contributed by atoms with Crippen molar-refractivity contribution in [2.24, 2.45) is 0 Å². The smallest absolute Gasteiger partial charge is 0.131 e. The van der Waals surface area contributed by atoms with Crippen LogP contribution in [-0.2, 0) is 13.0 Å². The Morgan fingerprint density at radius 3 is 2.89 bits per heavy atom. The number of imidazole rings is 1. The summed E-state index contributed by atoms with van der Waals surface area (Å²) in [5.74, 6) is 1.13. The molecule has 0 amide bonds. The van der Waals surface area contributed by atoms with Crippen molar-refractivity contribution in [3.8, 4) is 0 Å². The highest BCUT2D eigenvalue weighted by molar-refractivity contribution is 7.10. The van der Waals surface area contributed by atoms with Crippen LogP contribution < -0.4 is 5.32 Å². The molecule has 0 radical (unpaired) electrons. The third kappa shape index (κ3) is 3.07. The number of nitrogens with one attached hydrogen (secondary N) is 1. The fourth-order valence-corrected chi connectivity index (χ4v) is 3.40. The normalized spacial score (nSPS) is 12.8. The van der Waals surface area contributed by atoms with Gasteiger partial charge in [-0.15, -0.1) is 11.3 Å². The summed E-state index contributed by atoms with van der Waals surface area (Å²) >= 11 is 1.83. The fraction of sp³-hybridized carbons (Fsp3) is 0.533. The van der Waals surface area contributed by atoms with Gasteiger partial charge in [0.25, 0.3) is 0 Å². The predicted octanol–water partition coefficient (Wildman–Crippen LogP) is 3.62. The summed E-state index contributed by atoms with van der Waals surface area (Å²) in [6, 6.07) is 2.46. The van der Waals surface area contributed by atoms with Crippen LogP contribution in [0.2, 0.25) is 0 Å². The fourth-order valence-electron chi connectivity index (χ4n) is 2.33. The van der Waals surface area contributed by atoms with Crippen molar-refractivity contribution < 1.29 is 0 Å². The van der Waals surface area contributed by atoms with Crippen molar-refractivity contribution in [1.82, 2.24) is 14.9 Å². The quantitative estimate of drug-likeness (QED) is 0.838. The number of hydrogen-bond acceptors (Lipinski definition) is 3. The van der Waals surface area contributed by atoms with Gasteiger partial charge in [0, 0.05) is 23.8 Å². The third-order valence-electron chi connectivity index (χ3n) is 3.37. The average Bonchev–Trinajstić information content (AvgIpc) is 3.07. The van der Waals surface area contributed by atoms with Gasteiger partial charge in [-0.3, -0.25) is 0 Å². The molecule has 3 nitrogen and oxygen atoms in total. The molecular formula is C15H23N3S. The highest BCUT2D eigenvalue weighted by Crippen LogP contribution is 2.29. The SMILES string of the molecule is CCCNC(c1sccc1CC)c1nccn1CC. The van der Waals surface area contributed by atoms with E-state index in [0.29, 0.717) is 0 Å². The molecule has 0 aliphatic heterocycles. The Morgan fingerprint density at radius 1 is 1.37 bits per heavy atom. The third-order valence-corrected chi connectivity index (χ3v) is 4.39. The van der Waals surface area contributed by atoms with Crippen LogP contribution in [0.4, 0.5) is 0 Å². The second-order valence-electron chi connectivity index (χ2n) is 4.62. The van der Waals surface area contributed by atoms with Gasteiger partial charge in [0.15, 0.2) is 0 Å². The van der Waals surface area contributed by atoms with Gasteiger partial charge in [-0.25, -0.2) is 4.98 Å². The predicted molar refractivity (Wildman–Crippen MR) is 81.7 cm³/mol. The summed E-state index contributed by atoms with van der Waals surface area (Å²) in [7, 11) is 0. The van der Waals surface area contributed by atoms with Crippen molar-refractivity contribution >= 4 is 11.3 Å². The van der Waals surface area contributed by atoms with E-state index in [9.17, 15) is 0 Å². The topological polar surface area (TPSA) is 29.9 Å². The number of thiophene rings is 1. The molecule has 0 aliphatic carbocycles. The molecule has 0 saturated heterocycles. The lowest BCUT2D eigenvalue weighted by Crippen LogP contribution is -2.26. The highest BCUT2D eigenvalue weighted by Gasteiger charge is 2.21. The van der Waals surface area contributed by atoms with Gasteiger partial charge in [-0.1, -0.05) is 13.8 Å². The molecule has 0 bridgehead atoms. The Balaban J connectivity index is 2.35. The van der Waals surface area contributed by atoms with Crippen molar-refractivity contribution in [2.75, 3.05) is 6.54 Å². The van der Waals surface area contributed by atoms with E-state index in [1.807, 2.05) is 17.5 Å². The summed E-state index contributed by atoms with van der Waals surface area (Å²) in [5, 5.41) is 5.84. The maximum atomic E-state index is 4.58. The van der Waals surface area contributed by atoms with E-state index in [2.05, 4.69) is 53.3 Å². The Hall–Kier alpha value is -1.13. The zero-order valence-corrected chi connectivity index (χ0v) is 12.8. The maximum absolute atomic E-state index is 4.58. The van der Waals surface area contributed by atoms with Crippen molar-refractivity contribution in [3.05, 3.63) is 40.1 Å². The van der Waals surface area contributed by atoms with Gasteiger partial charge in [-0.2, -0.15) is 0 Å². The molecule has 0 spiro atoms. The lowest BCUT2D eigenvalue weighted by molar-refractivity contribution is 0.545. The zero-order valence-electron chi connectivity index (χ0n) is 12.0. The van der Waals surface area contributed by atoms with Crippen LogP contribution in [0.5, 0.6) is 0 Å². The van der Waals surface area contributed by atoms with Gasteiger partial charge in [0.05, 0.1) is 0 Å². The molecule has 0 aliphatic rings. The molecule has 4 heteroatoms. The van der Waals surface area contributed by atoms with Crippen molar-refractivity contribution in [2.45, 2.75) is 46.2 Å². The molecule has 0 saturated carbocycles. The molecule has 2 heterocycles. The number of hydrogen-bond donors (Lipinski definition) is 1. The Labute approximate surface area is 119 Å². The summed E-state index contributed by atoms with van der Waals surface area (Å²) in [4.78, 5) is 5.99. The first kappa shape index (κ1) is 14.3. The second kappa shape index (κ2) is 6.87. The molecule has 1 N–H and O–H groups in total. The molecule has 2 aromatic heterocycles. The molecule has 1 atom stereocenters. The minimum absolute atomic E-state index is 0.227. The van der Waals surface area contributed by atoms with Crippen molar-refractivity contribution in [1.29, 1.82) is 0 Å². The molecule has 2 rings (SSSR count). The summed E-state index contributed by atoms with van der Waals surface area (Å²) in [6.07, 6.45) is 6.18. The van der Waals surface area contributed by atoms with E-state index < -0.39 is 0 Å². The van der Waals surface area contributed by atoms with E-state index in [0.717, 1.165) is 31.8 Å². The van der Waals surface area contributed by atoms with Crippen LogP contribution in [0.1, 0.15) is 49.5 Å². The Bertz CT molecular complexity index is 459. The van der Waals surface area contributed by atoms with Gasteiger partial charge >= 0.3 is 0 Å². The number of aromatic nitrogens is 2. The van der Waals surface area contributed by atoms with Gasteiger partial charge in [0.2, 0.25) is 0 Å². The van der Waals surface area contributed by atoms with E-state index >= 15 is 0 Å². The van der Waals surface area contributed by atoms with Crippen LogP contribution >= 0.6 is 11.3 Å². The van der Waals surface area contributed by atoms with Crippen LogP contribution in [0, 0.1) is 0 Å². The lowest BCUT2D eigenvalue weighted by atomic mass is 10.1. The number of aryl methyl sites for hydroxylation is 2. The van der Waals surface area contributed by atoms with E-state index in [-0.39, 0.29) is 6.04 Å². The Morgan fingerprint density at radius 2 is 2.21 bits per heavy atom.